The molecule has 0 heterocycles. The minimum Gasteiger partial charge on any atom is -0.489 e. The first kappa shape index (κ1) is 31.8. The molecule has 0 saturated heterocycles. The Labute approximate surface area is 210 Å². The second-order valence-electron chi connectivity index (χ2n) is 7.40. The smallest absolute Gasteiger partial charge is 0.338 e. The lowest BCUT2D eigenvalue weighted by Crippen LogP contribution is -2.14. The van der Waals surface area contributed by atoms with E-state index in [0.29, 0.717) is 6.42 Å². The Hall–Kier alpha value is -2.18. The highest BCUT2D eigenvalue weighted by molar-refractivity contribution is 7.86. The molecule has 0 unspecified atom stereocenters. The summed E-state index contributed by atoms with van der Waals surface area (Å²) in [4.78, 5) is 12.4. The fourth-order valence-corrected chi connectivity index (χ4v) is 4.04. The van der Waals surface area contributed by atoms with E-state index in [9.17, 15) is 30.0 Å². The van der Waals surface area contributed by atoms with Crippen LogP contribution < -0.4 is 14.2 Å². The number of carbonyl (C=O) groups excluding carboxylic acids is 1. The number of ether oxygens (including phenoxy) is 4. The van der Waals surface area contributed by atoms with E-state index in [1.165, 1.54) is 12.1 Å². The van der Waals surface area contributed by atoms with Crippen LogP contribution in [0.2, 0.25) is 0 Å². The molecular weight excluding hydrogens is 548 g/mol. The van der Waals surface area contributed by atoms with E-state index in [2.05, 4.69) is 0 Å². The summed E-state index contributed by atoms with van der Waals surface area (Å²) >= 11 is 0. The van der Waals surface area contributed by atoms with Gasteiger partial charge in [0.15, 0.2) is 11.5 Å². The lowest BCUT2D eigenvalue weighted by Gasteiger charge is -2.18. The molecule has 1 aromatic carbocycles. The number of hydrogen-bond donors (Lipinski definition) is 3. The monoisotopic (exact) mass is 578 g/mol. The molecule has 0 atom stereocenters. The van der Waals surface area contributed by atoms with Gasteiger partial charge in [-0.15, -0.1) is 0 Å². The number of rotatable bonds is 18. The zero-order chi connectivity index (χ0) is 27.4. The molecule has 0 aromatic heterocycles. The van der Waals surface area contributed by atoms with Crippen molar-refractivity contribution in [3.8, 4) is 17.2 Å². The molecule has 17 heteroatoms. The molecule has 0 spiro atoms. The molecule has 3 N–H and O–H groups in total. The van der Waals surface area contributed by atoms with E-state index in [0.717, 1.165) is 0 Å². The molecule has 36 heavy (non-hydrogen) atoms. The van der Waals surface area contributed by atoms with Gasteiger partial charge < -0.3 is 18.9 Å². The van der Waals surface area contributed by atoms with Gasteiger partial charge in [0.2, 0.25) is 5.75 Å². The Kier molecular flexibility index (Phi) is 12.9. The van der Waals surface area contributed by atoms with Crippen molar-refractivity contribution in [2.75, 3.05) is 43.7 Å². The number of carbonyl (C=O) groups is 1. The van der Waals surface area contributed by atoms with Gasteiger partial charge in [-0.3, -0.25) is 13.7 Å². The minimum absolute atomic E-state index is 0.0386. The normalized spacial score (nSPS) is 12.2. The summed E-state index contributed by atoms with van der Waals surface area (Å²) in [7, 11) is -12.7. The van der Waals surface area contributed by atoms with Crippen LogP contribution >= 0.6 is 0 Å². The van der Waals surface area contributed by atoms with Crippen molar-refractivity contribution in [1.29, 1.82) is 0 Å². The summed E-state index contributed by atoms with van der Waals surface area (Å²) in [6.07, 6.45) is 0.147. The van der Waals surface area contributed by atoms with Gasteiger partial charge in [0.05, 0.1) is 49.2 Å². The molecule has 1 aromatic rings. The van der Waals surface area contributed by atoms with Gasteiger partial charge in [0.1, 0.15) is 0 Å². The van der Waals surface area contributed by atoms with Crippen LogP contribution in [-0.2, 0) is 35.1 Å². The number of hydrogen-bond acceptors (Lipinski definition) is 11. The van der Waals surface area contributed by atoms with E-state index in [1.54, 1.807) is 6.92 Å². The Morgan fingerprint density at radius 3 is 1.44 bits per heavy atom. The zero-order valence-corrected chi connectivity index (χ0v) is 21.9. The van der Waals surface area contributed by atoms with E-state index in [4.69, 9.17) is 32.6 Å². The van der Waals surface area contributed by atoms with Crippen LogP contribution in [0.4, 0.5) is 0 Å². The van der Waals surface area contributed by atoms with Crippen LogP contribution in [0.3, 0.4) is 0 Å². The predicted molar refractivity (Wildman–Crippen MR) is 127 cm³/mol. The maximum absolute atomic E-state index is 12.4. The average Bonchev–Trinajstić information content (AvgIpc) is 2.74. The Balaban J connectivity index is 3.24. The topological polar surface area (TPSA) is 217 Å². The second kappa shape index (κ2) is 14.5. The average molecular weight is 579 g/mol. The molecule has 0 aliphatic rings. The van der Waals surface area contributed by atoms with Crippen LogP contribution in [0.15, 0.2) is 12.1 Å². The third-order valence-electron chi connectivity index (χ3n) is 4.10. The lowest BCUT2D eigenvalue weighted by molar-refractivity contribution is 0.0503. The van der Waals surface area contributed by atoms with Gasteiger partial charge in [0, 0.05) is 0 Å². The molecule has 0 radical (unpaired) electrons. The first-order valence-electron chi connectivity index (χ1n) is 10.7. The summed E-state index contributed by atoms with van der Waals surface area (Å²) in [6, 6.07) is 2.46. The fourth-order valence-electron chi connectivity index (χ4n) is 2.59. The van der Waals surface area contributed by atoms with E-state index >= 15 is 0 Å². The Morgan fingerprint density at radius 2 is 1.08 bits per heavy atom. The quantitative estimate of drug-likeness (QED) is 0.127. The van der Waals surface area contributed by atoms with E-state index in [-0.39, 0.29) is 68.5 Å². The lowest BCUT2D eigenvalue weighted by atomic mass is 10.1. The second-order valence-corrected chi connectivity index (χ2v) is 12.1. The summed E-state index contributed by atoms with van der Waals surface area (Å²) in [5.74, 6) is -2.88. The first-order chi connectivity index (χ1) is 16.6. The van der Waals surface area contributed by atoms with Gasteiger partial charge in [-0.25, -0.2) is 4.79 Å². The predicted octanol–water partition coefficient (Wildman–Crippen LogP) is 1.22. The highest BCUT2D eigenvalue weighted by Crippen LogP contribution is 2.39. The molecule has 208 valence electrons. The van der Waals surface area contributed by atoms with Crippen LogP contribution in [0.1, 0.15) is 43.0 Å². The van der Waals surface area contributed by atoms with Crippen LogP contribution in [-0.4, -0.2) is 88.6 Å². The van der Waals surface area contributed by atoms with Crippen LogP contribution in [0.25, 0.3) is 0 Å². The summed E-state index contributed by atoms with van der Waals surface area (Å²) in [6.45, 7) is 1.17. The molecule has 14 nitrogen and oxygen atoms in total. The van der Waals surface area contributed by atoms with Gasteiger partial charge in [-0.1, -0.05) is 6.92 Å². The zero-order valence-electron chi connectivity index (χ0n) is 19.5. The summed E-state index contributed by atoms with van der Waals surface area (Å²) < 4.78 is 114. The largest absolute Gasteiger partial charge is 0.489 e. The van der Waals surface area contributed by atoms with Crippen LogP contribution in [0.5, 0.6) is 17.2 Å². The SMILES string of the molecule is CCCOC(=O)c1cc(OCCCS(=O)(=O)O)c(OCCCS(=O)(=O)O)c(OCCCS(=O)(=O)O)c1. The molecule has 0 fully saturated rings. The van der Waals surface area contributed by atoms with E-state index in [1.807, 2.05) is 0 Å². The minimum atomic E-state index is -4.25. The Bertz CT molecular complexity index is 1110. The van der Waals surface area contributed by atoms with Gasteiger partial charge in [0.25, 0.3) is 30.4 Å². The standard InChI is InChI=1S/C19H30O14S3/c1-2-6-33-19(20)15-13-16(30-7-3-10-34(21,22)23)18(32-9-5-12-36(27,28)29)17(14-15)31-8-4-11-35(24,25)26/h13-14H,2-12H2,1H3,(H,21,22,23)(H,24,25,26)(H,27,28,29). The highest BCUT2D eigenvalue weighted by Gasteiger charge is 2.21. The van der Waals surface area contributed by atoms with Crippen molar-refractivity contribution in [2.24, 2.45) is 0 Å². The van der Waals surface area contributed by atoms with Crippen molar-refractivity contribution in [1.82, 2.24) is 0 Å². The highest BCUT2D eigenvalue weighted by atomic mass is 32.2. The maximum atomic E-state index is 12.4. The number of esters is 1. The third-order valence-corrected chi connectivity index (χ3v) is 6.51. The van der Waals surface area contributed by atoms with Gasteiger partial charge in [-0.2, -0.15) is 25.3 Å². The Morgan fingerprint density at radius 1 is 0.694 bits per heavy atom. The van der Waals surface area contributed by atoms with Crippen LogP contribution in [0, 0.1) is 0 Å². The van der Waals surface area contributed by atoms with E-state index < -0.39 is 53.6 Å². The molecule has 0 bridgehead atoms. The van der Waals surface area contributed by atoms with Gasteiger partial charge >= 0.3 is 5.97 Å². The molecule has 0 amide bonds. The third kappa shape index (κ3) is 14.4. The van der Waals surface area contributed by atoms with Crippen molar-refractivity contribution in [2.45, 2.75) is 32.6 Å². The molecule has 1 rings (SSSR count). The number of benzene rings is 1. The molecular formula is C19H30O14S3. The molecule has 0 aliphatic heterocycles. The summed E-state index contributed by atoms with van der Waals surface area (Å²) in [5.41, 5.74) is -0.0386. The molecule has 0 aliphatic carbocycles. The van der Waals surface area contributed by atoms with Gasteiger partial charge in [-0.05, 0) is 37.8 Å². The maximum Gasteiger partial charge on any atom is 0.338 e. The first-order valence-corrected chi connectivity index (χ1v) is 15.5. The fraction of sp³-hybridized carbons (Fsp3) is 0.632. The van der Waals surface area contributed by atoms with Crippen molar-refractivity contribution >= 4 is 36.3 Å². The van der Waals surface area contributed by atoms with Crippen molar-refractivity contribution in [3.63, 3.8) is 0 Å². The van der Waals surface area contributed by atoms with Crippen molar-refractivity contribution in [3.05, 3.63) is 17.7 Å². The van der Waals surface area contributed by atoms with Crippen molar-refractivity contribution < 1.29 is 62.7 Å². The summed E-state index contributed by atoms with van der Waals surface area (Å²) in [5, 5.41) is 0. The molecule has 0 saturated carbocycles.